The van der Waals surface area contributed by atoms with Crippen LogP contribution in [0.15, 0.2) is 35.4 Å². The lowest BCUT2D eigenvalue weighted by Gasteiger charge is -2.27. The van der Waals surface area contributed by atoms with Gasteiger partial charge in [-0.2, -0.15) is 10.2 Å². The summed E-state index contributed by atoms with van der Waals surface area (Å²) < 4.78 is 28.4. The van der Waals surface area contributed by atoms with E-state index < -0.39 is 22.2 Å². The summed E-state index contributed by atoms with van der Waals surface area (Å²) >= 11 is 0. The van der Waals surface area contributed by atoms with Gasteiger partial charge in [0, 0.05) is 5.69 Å². The molecule has 9 nitrogen and oxygen atoms in total. The van der Waals surface area contributed by atoms with Gasteiger partial charge in [0.25, 0.3) is 0 Å². The quantitative estimate of drug-likeness (QED) is 0.694. The summed E-state index contributed by atoms with van der Waals surface area (Å²) in [5.74, 6) is 0.278. The number of aliphatic hydroxyl groups excluding tert-OH is 1. The van der Waals surface area contributed by atoms with E-state index in [0.29, 0.717) is 18.5 Å². The van der Waals surface area contributed by atoms with Gasteiger partial charge in [0.15, 0.2) is 0 Å². The minimum Gasteiger partial charge on any atom is -0.471 e. The predicted molar refractivity (Wildman–Crippen MR) is 96.7 cm³/mol. The minimum absolute atomic E-state index is 0.0101. The van der Waals surface area contributed by atoms with Crippen LogP contribution in [0.5, 0.6) is 5.88 Å². The van der Waals surface area contributed by atoms with Crippen molar-refractivity contribution in [1.82, 2.24) is 9.97 Å². The van der Waals surface area contributed by atoms with Crippen LogP contribution in [-0.4, -0.2) is 35.7 Å². The van der Waals surface area contributed by atoms with E-state index in [0.717, 1.165) is 12.8 Å². The number of hydrogen-bond donors (Lipinski definition) is 3. The van der Waals surface area contributed by atoms with Crippen molar-refractivity contribution in [3.63, 3.8) is 0 Å². The molecular weight excluding hydrogens is 370 g/mol. The summed E-state index contributed by atoms with van der Waals surface area (Å²) in [7, 11) is -3.77. The highest BCUT2D eigenvalue weighted by Gasteiger charge is 2.26. The van der Waals surface area contributed by atoms with Crippen molar-refractivity contribution in [3.05, 3.63) is 36.0 Å². The third-order valence-corrected chi connectivity index (χ3v) is 5.17. The standard InChI is InChI=1S/C17H19N5O4S/c18-9-11-10-20-17(21-12-5-7-13(8-6-12)27(19,24)25)22-16(11)26-15-4-2-1-3-14(15)23/h5-8,10,14-15,23H,1-4H2,(H2,19,24,25)(H,20,21,22). The maximum absolute atomic E-state index is 11.3. The van der Waals surface area contributed by atoms with E-state index in [1.54, 1.807) is 0 Å². The molecule has 2 aromatic rings. The topological polar surface area (TPSA) is 151 Å². The molecular formula is C17H19N5O4S. The van der Waals surface area contributed by atoms with Crippen LogP contribution in [0.3, 0.4) is 0 Å². The molecule has 1 saturated carbocycles. The molecule has 1 aliphatic carbocycles. The Bertz CT molecular complexity index is 956. The number of nitrogens with two attached hydrogens (primary N) is 1. The van der Waals surface area contributed by atoms with Gasteiger partial charge in [-0.3, -0.25) is 0 Å². The normalized spacial score (nSPS) is 19.9. The first-order valence-corrected chi connectivity index (χ1v) is 9.93. The van der Waals surface area contributed by atoms with Crippen molar-refractivity contribution in [1.29, 1.82) is 5.26 Å². The van der Waals surface area contributed by atoms with Gasteiger partial charge in [0.05, 0.1) is 17.2 Å². The monoisotopic (exact) mass is 389 g/mol. The number of nitriles is 1. The zero-order chi connectivity index (χ0) is 19.4. The third-order valence-electron chi connectivity index (χ3n) is 4.24. The number of primary sulfonamides is 1. The molecule has 1 fully saturated rings. The van der Waals surface area contributed by atoms with Crippen LogP contribution in [-0.2, 0) is 10.0 Å². The fraction of sp³-hybridized carbons (Fsp3) is 0.353. The first-order valence-electron chi connectivity index (χ1n) is 8.38. The Hall–Kier alpha value is -2.74. The maximum atomic E-state index is 11.3. The van der Waals surface area contributed by atoms with Gasteiger partial charge in [-0.1, -0.05) is 6.42 Å². The van der Waals surface area contributed by atoms with Crippen LogP contribution in [0.1, 0.15) is 31.2 Å². The lowest BCUT2D eigenvalue weighted by Crippen LogP contribution is -2.35. The molecule has 0 bridgehead atoms. The number of benzene rings is 1. The first kappa shape index (κ1) is 19.0. The van der Waals surface area contributed by atoms with Crippen molar-refractivity contribution < 1.29 is 18.3 Å². The molecule has 2 atom stereocenters. The fourth-order valence-electron chi connectivity index (χ4n) is 2.81. The molecule has 2 unspecified atom stereocenters. The molecule has 3 rings (SSSR count). The van der Waals surface area contributed by atoms with E-state index in [2.05, 4.69) is 15.3 Å². The summed E-state index contributed by atoms with van der Waals surface area (Å²) in [6.45, 7) is 0. The molecule has 4 N–H and O–H groups in total. The molecule has 0 aliphatic heterocycles. The fourth-order valence-corrected chi connectivity index (χ4v) is 3.32. The van der Waals surface area contributed by atoms with Gasteiger partial charge in [-0.05, 0) is 43.5 Å². The van der Waals surface area contributed by atoms with Gasteiger partial charge in [0.2, 0.25) is 21.9 Å². The Morgan fingerprint density at radius 3 is 2.59 bits per heavy atom. The second-order valence-corrected chi connectivity index (χ2v) is 7.79. The number of nitrogens with one attached hydrogen (secondary N) is 1. The second kappa shape index (κ2) is 7.87. The van der Waals surface area contributed by atoms with Gasteiger partial charge in [-0.15, -0.1) is 0 Å². The molecule has 0 radical (unpaired) electrons. The Morgan fingerprint density at radius 2 is 1.96 bits per heavy atom. The van der Waals surface area contributed by atoms with Gasteiger partial charge >= 0.3 is 0 Å². The number of aromatic nitrogens is 2. The number of hydrogen-bond acceptors (Lipinski definition) is 8. The third kappa shape index (κ3) is 4.71. The molecule has 0 spiro atoms. The summed E-state index contributed by atoms with van der Waals surface area (Å²) in [6.07, 6.45) is 3.55. The molecule has 1 aliphatic rings. The SMILES string of the molecule is N#Cc1cnc(Nc2ccc(S(N)(=O)=O)cc2)nc1OC1CCCCC1O. The average Bonchev–Trinajstić information content (AvgIpc) is 2.64. The summed E-state index contributed by atoms with van der Waals surface area (Å²) in [5, 5.41) is 27.3. The lowest BCUT2D eigenvalue weighted by molar-refractivity contribution is 0.00436. The number of anilines is 2. The van der Waals surface area contributed by atoms with E-state index in [1.165, 1.54) is 30.5 Å². The summed E-state index contributed by atoms with van der Waals surface area (Å²) in [5.41, 5.74) is 0.707. The molecule has 0 saturated heterocycles. The number of ether oxygens (including phenoxy) is 1. The van der Waals surface area contributed by atoms with Crippen LogP contribution in [0.25, 0.3) is 0 Å². The van der Waals surface area contributed by atoms with Crippen molar-refractivity contribution in [2.45, 2.75) is 42.8 Å². The van der Waals surface area contributed by atoms with Crippen molar-refractivity contribution >= 4 is 21.7 Å². The Labute approximate surface area is 156 Å². The van der Waals surface area contributed by atoms with E-state index in [4.69, 9.17) is 9.88 Å². The Kier molecular flexibility index (Phi) is 5.55. The number of rotatable bonds is 5. The second-order valence-electron chi connectivity index (χ2n) is 6.23. The molecule has 1 heterocycles. The number of aliphatic hydroxyl groups is 1. The molecule has 27 heavy (non-hydrogen) atoms. The molecule has 1 aromatic heterocycles. The van der Waals surface area contributed by atoms with E-state index >= 15 is 0 Å². The molecule has 142 valence electrons. The van der Waals surface area contributed by atoms with Gasteiger partial charge in [-0.25, -0.2) is 18.5 Å². The predicted octanol–water partition coefficient (Wildman–Crippen LogP) is 1.42. The van der Waals surface area contributed by atoms with Crippen LogP contribution >= 0.6 is 0 Å². The van der Waals surface area contributed by atoms with Crippen LogP contribution in [0.4, 0.5) is 11.6 Å². The Morgan fingerprint density at radius 1 is 1.26 bits per heavy atom. The van der Waals surface area contributed by atoms with Crippen LogP contribution < -0.4 is 15.2 Å². The molecule has 10 heteroatoms. The lowest BCUT2D eigenvalue weighted by atomic mass is 9.95. The van der Waals surface area contributed by atoms with Crippen molar-refractivity contribution in [3.8, 4) is 11.9 Å². The average molecular weight is 389 g/mol. The van der Waals surface area contributed by atoms with Gasteiger partial charge < -0.3 is 15.2 Å². The first-order chi connectivity index (χ1) is 12.9. The highest BCUT2D eigenvalue weighted by atomic mass is 32.2. The van der Waals surface area contributed by atoms with E-state index in [1.807, 2.05) is 6.07 Å². The molecule has 1 aromatic carbocycles. The van der Waals surface area contributed by atoms with Gasteiger partial charge in [0.1, 0.15) is 17.7 Å². The highest BCUT2D eigenvalue weighted by molar-refractivity contribution is 7.89. The number of sulfonamides is 1. The highest BCUT2D eigenvalue weighted by Crippen LogP contribution is 2.26. The Balaban J connectivity index is 1.79. The zero-order valence-corrected chi connectivity index (χ0v) is 15.2. The number of nitrogens with zero attached hydrogens (tertiary/aromatic N) is 3. The van der Waals surface area contributed by atoms with Crippen molar-refractivity contribution in [2.75, 3.05) is 5.32 Å². The maximum Gasteiger partial charge on any atom is 0.238 e. The smallest absolute Gasteiger partial charge is 0.238 e. The summed E-state index contributed by atoms with van der Waals surface area (Å²) in [6, 6.07) is 7.73. The molecule has 0 amide bonds. The minimum atomic E-state index is -3.77. The van der Waals surface area contributed by atoms with E-state index in [-0.39, 0.29) is 22.3 Å². The summed E-state index contributed by atoms with van der Waals surface area (Å²) in [4.78, 5) is 8.27. The zero-order valence-electron chi connectivity index (χ0n) is 14.4. The van der Waals surface area contributed by atoms with Crippen molar-refractivity contribution in [2.24, 2.45) is 5.14 Å². The van der Waals surface area contributed by atoms with E-state index in [9.17, 15) is 18.8 Å². The van der Waals surface area contributed by atoms with Crippen LogP contribution in [0, 0.1) is 11.3 Å². The van der Waals surface area contributed by atoms with Crippen LogP contribution in [0.2, 0.25) is 0 Å². The largest absolute Gasteiger partial charge is 0.471 e.